The molecule has 0 fully saturated rings. The molecule has 5 heteroatoms. The highest BCUT2D eigenvalue weighted by Gasteiger charge is 2.06. The van der Waals surface area contributed by atoms with Gasteiger partial charge >= 0.3 is 12.1 Å². The van der Waals surface area contributed by atoms with E-state index in [1.807, 2.05) is 13.8 Å². The molecule has 0 aliphatic heterocycles. The number of nitrogens with one attached hydrogen (secondary N) is 1. The van der Waals surface area contributed by atoms with Crippen molar-refractivity contribution in [3.8, 4) is 0 Å². The molecule has 0 aromatic carbocycles. The lowest BCUT2D eigenvalue weighted by molar-refractivity contribution is -0.138. The second-order valence-corrected chi connectivity index (χ2v) is 3.34. The van der Waals surface area contributed by atoms with E-state index in [9.17, 15) is 9.59 Å². The molecule has 0 heterocycles. The number of alkyl carbamates (subject to hydrolysis) is 1. The van der Waals surface area contributed by atoms with Crippen molar-refractivity contribution in [3.63, 3.8) is 0 Å². The maximum absolute atomic E-state index is 11.1. The summed E-state index contributed by atoms with van der Waals surface area (Å²) in [6, 6.07) is 0.0909. The molecule has 0 aromatic heterocycles. The Labute approximate surface area is 95.8 Å². The van der Waals surface area contributed by atoms with Gasteiger partial charge in [-0.2, -0.15) is 0 Å². The third kappa shape index (κ3) is 7.84. The summed E-state index contributed by atoms with van der Waals surface area (Å²) in [5, 5.41) is 2.66. The van der Waals surface area contributed by atoms with Crippen LogP contribution in [0.2, 0.25) is 0 Å². The van der Waals surface area contributed by atoms with Gasteiger partial charge in [0.1, 0.15) is 13.2 Å². The summed E-state index contributed by atoms with van der Waals surface area (Å²) in [5.74, 6) is -0.525. The fourth-order valence-corrected chi connectivity index (χ4v) is 1.08. The third-order valence-corrected chi connectivity index (χ3v) is 1.81. The summed E-state index contributed by atoms with van der Waals surface area (Å²) < 4.78 is 9.42. The first-order valence-corrected chi connectivity index (χ1v) is 5.32. The molecule has 0 radical (unpaired) electrons. The third-order valence-electron chi connectivity index (χ3n) is 1.81. The first kappa shape index (κ1) is 14.5. The summed E-state index contributed by atoms with van der Waals surface area (Å²) in [7, 11) is 0. The molecule has 0 aliphatic rings. The van der Waals surface area contributed by atoms with Gasteiger partial charge in [0, 0.05) is 12.1 Å². The van der Waals surface area contributed by atoms with Crippen LogP contribution < -0.4 is 5.32 Å². The molecule has 5 nitrogen and oxygen atoms in total. The van der Waals surface area contributed by atoms with Crippen molar-refractivity contribution >= 4 is 12.1 Å². The Bertz CT molecular complexity index is 240. The van der Waals surface area contributed by atoms with Crippen molar-refractivity contribution in [2.75, 3.05) is 13.2 Å². The van der Waals surface area contributed by atoms with Gasteiger partial charge in [-0.3, -0.25) is 0 Å². The molecule has 1 unspecified atom stereocenters. The molecular formula is C11H19NO4. The van der Waals surface area contributed by atoms with Gasteiger partial charge in [0.25, 0.3) is 0 Å². The van der Waals surface area contributed by atoms with E-state index >= 15 is 0 Å². The molecule has 0 saturated carbocycles. The van der Waals surface area contributed by atoms with Crippen LogP contribution in [0.3, 0.4) is 0 Å². The minimum Gasteiger partial charge on any atom is -0.459 e. The average molecular weight is 229 g/mol. The lowest BCUT2D eigenvalue weighted by atomic mass is 10.2. The van der Waals surface area contributed by atoms with Gasteiger partial charge in [-0.15, -0.1) is 0 Å². The quantitative estimate of drug-likeness (QED) is 0.409. The minimum atomic E-state index is -0.525. The minimum absolute atomic E-state index is 0.0421. The van der Waals surface area contributed by atoms with Crippen LogP contribution in [0.15, 0.2) is 12.7 Å². The Morgan fingerprint density at radius 1 is 1.38 bits per heavy atom. The van der Waals surface area contributed by atoms with Gasteiger partial charge in [-0.05, 0) is 13.3 Å². The maximum atomic E-state index is 11.1. The molecule has 0 aromatic rings. The van der Waals surface area contributed by atoms with E-state index < -0.39 is 12.1 Å². The van der Waals surface area contributed by atoms with Gasteiger partial charge in [0.2, 0.25) is 0 Å². The van der Waals surface area contributed by atoms with E-state index in [0.717, 1.165) is 18.9 Å². The van der Waals surface area contributed by atoms with Crippen LogP contribution in [-0.2, 0) is 14.3 Å². The zero-order chi connectivity index (χ0) is 12.4. The van der Waals surface area contributed by atoms with Crippen molar-refractivity contribution in [3.05, 3.63) is 12.7 Å². The summed E-state index contributed by atoms with van der Waals surface area (Å²) in [5.41, 5.74) is 0. The molecule has 0 aliphatic carbocycles. The Kier molecular flexibility index (Phi) is 7.93. The topological polar surface area (TPSA) is 64.6 Å². The number of carbonyl (C=O) groups is 2. The molecule has 0 spiro atoms. The van der Waals surface area contributed by atoms with Crippen LogP contribution in [0.1, 0.15) is 26.7 Å². The summed E-state index contributed by atoms with van der Waals surface area (Å²) in [6.07, 6.45) is 2.47. The molecular weight excluding hydrogens is 210 g/mol. The summed E-state index contributed by atoms with van der Waals surface area (Å²) >= 11 is 0. The van der Waals surface area contributed by atoms with E-state index in [2.05, 4.69) is 16.6 Å². The van der Waals surface area contributed by atoms with E-state index in [-0.39, 0.29) is 19.3 Å². The molecule has 0 saturated heterocycles. The smallest absolute Gasteiger partial charge is 0.407 e. The highest BCUT2D eigenvalue weighted by molar-refractivity contribution is 5.81. The first-order valence-electron chi connectivity index (χ1n) is 5.32. The van der Waals surface area contributed by atoms with Crippen LogP contribution in [-0.4, -0.2) is 31.3 Å². The van der Waals surface area contributed by atoms with Crippen molar-refractivity contribution in [2.45, 2.75) is 32.7 Å². The normalized spacial score (nSPS) is 11.4. The first-order chi connectivity index (χ1) is 7.60. The highest BCUT2D eigenvalue weighted by atomic mass is 16.6. The fourth-order valence-electron chi connectivity index (χ4n) is 1.08. The largest absolute Gasteiger partial charge is 0.459 e. The van der Waals surface area contributed by atoms with Crippen molar-refractivity contribution < 1.29 is 19.1 Å². The number of amides is 1. The number of esters is 1. The monoisotopic (exact) mass is 229 g/mol. The van der Waals surface area contributed by atoms with E-state index in [1.54, 1.807) is 0 Å². The highest BCUT2D eigenvalue weighted by Crippen LogP contribution is 1.95. The predicted molar refractivity (Wildman–Crippen MR) is 60.0 cm³/mol. The predicted octanol–water partition coefficient (Wildman–Crippen LogP) is 1.63. The molecule has 0 bridgehead atoms. The van der Waals surface area contributed by atoms with E-state index in [4.69, 9.17) is 4.74 Å². The van der Waals surface area contributed by atoms with Crippen molar-refractivity contribution in [1.82, 2.24) is 5.32 Å². The van der Waals surface area contributed by atoms with Crippen LogP contribution >= 0.6 is 0 Å². The van der Waals surface area contributed by atoms with E-state index in [0.29, 0.717) is 0 Å². The van der Waals surface area contributed by atoms with Gasteiger partial charge in [0.05, 0.1) is 0 Å². The zero-order valence-electron chi connectivity index (χ0n) is 9.82. The molecule has 1 atom stereocenters. The van der Waals surface area contributed by atoms with Crippen molar-refractivity contribution in [2.24, 2.45) is 0 Å². The SMILES string of the molecule is C=CC(=O)OCCOC(=O)NC(C)CCC. The lowest BCUT2D eigenvalue weighted by Crippen LogP contribution is -2.33. The molecule has 1 N–H and O–H groups in total. The van der Waals surface area contributed by atoms with Gasteiger partial charge in [-0.25, -0.2) is 9.59 Å². The lowest BCUT2D eigenvalue weighted by Gasteiger charge is -2.12. The van der Waals surface area contributed by atoms with Crippen LogP contribution in [0.4, 0.5) is 4.79 Å². The molecule has 1 amide bonds. The molecule has 0 rings (SSSR count). The Morgan fingerprint density at radius 2 is 2.00 bits per heavy atom. The van der Waals surface area contributed by atoms with Crippen molar-refractivity contribution in [1.29, 1.82) is 0 Å². The standard InChI is InChI=1S/C11H19NO4/c1-4-6-9(3)12-11(14)16-8-7-15-10(13)5-2/h5,9H,2,4,6-8H2,1,3H3,(H,12,14). The van der Waals surface area contributed by atoms with Gasteiger partial charge in [0.15, 0.2) is 0 Å². The van der Waals surface area contributed by atoms with Gasteiger partial charge < -0.3 is 14.8 Å². The summed E-state index contributed by atoms with van der Waals surface area (Å²) in [4.78, 5) is 21.8. The summed E-state index contributed by atoms with van der Waals surface area (Å²) in [6.45, 7) is 7.27. The van der Waals surface area contributed by atoms with Crippen LogP contribution in [0, 0.1) is 0 Å². The van der Waals surface area contributed by atoms with E-state index in [1.165, 1.54) is 0 Å². The molecule has 92 valence electrons. The Morgan fingerprint density at radius 3 is 2.56 bits per heavy atom. The van der Waals surface area contributed by atoms with Crippen LogP contribution in [0.25, 0.3) is 0 Å². The average Bonchev–Trinajstić information content (AvgIpc) is 2.24. The molecule has 16 heavy (non-hydrogen) atoms. The second kappa shape index (κ2) is 8.76. The number of hydrogen-bond donors (Lipinski definition) is 1. The number of rotatable bonds is 7. The maximum Gasteiger partial charge on any atom is 0.407 e. The Balaban J connectivity index is 3.50. The van der Waals surface area contributed by atoms with Crippen LogP contribution in [0.5, 0.6) is 0 Å². The number of ether oxygens (including phenoxy) is 2. The Hall–Kier alpha value is -1.52. The fraction of sp³-hybridized carbons (Fsp3) is 0.636. The number of hydrogen-bond acceptors (Lipinski definition) is 4. The zero-order valence-corrected chi connectivity index (χ0v) is 9.82. The number of carbonyl (C=O) groups excluding carboxylic acids is 2. The van der Waals surface area contributed by atoms with Gasteiger partial charge in [-0.1, -0.05) is 19.9 Å². The second-order valence-electron chi connectivity index (χ2n) is 3.34.